The summed E-state index contributed by atoms with van der Waals surface area (Å²) >= 11 is 0. The molecule has 11 rings (SSSR count). The third-order valence-electron chi connectivity index (χ3n) is 11.0. The van der Waals surface area contributed by atoms with Crippen molar-refractivity contribution in [2.75, 3.05) is 4.57 Å². The van der Waals surface area contributed by atoms with Crippen LogP contribution >= 0.6 is 0 Å². The molecule has 1 unspecified atom stereocenters. The van der Waals surface area contributed by atoms with Gasteiger partial charge in [0.2, 0.25) is 0 Å². The second-order valence-corrected chi connectivity index (χ2v) is 16.7. The van der Waals surface area contributed by atoms with Gasteiger partial charge in [-0.15, -0.1) is 0 Å². The number of hydrogen-bond acceptors (Lipinski definition) is 3. The summed E-state index contributed by atoms with van der Waals surface area (Å²) in [6, 6.07) is 64.2. The van der Waals surface area contributed by atoms with Crippen molar-refractivity contribution in [2.24, 2.45) is 0 Å². The highest BCUT2D eigenvalue weighted by Crippen LogP contribution is 2.54. The number of hydrogen-bond donors (Lipinski definition) is 0. The SMILES string of the molecule is c1ccc(N2c3ccc4ccccc4c3-c3c(ccc4ccccc34)O[Si]23CCc2ccc4ccccc4c2-c2c(ccc4ccccc24)O3)cc1. The molecule has 246 valence electrons. The van der Waals surface area contributed by atoms with Gasteiger partial charge in [-0.05, 0) is 91.0 Å². The lowest BCUT2D eigenvalue weighted by molar-refractivity contribution is 0.380. The minimum atomic E-state index is -3.49. The van der Waals surface area contributed by atoms with E-state index < -0.39 is 8.72 Å². The first-order valence-electron chi connectivity index (χ1n) is 18.1. The molecule has 1 atom stereocenters. The molecule has 0 aliphatic carbocycles. The minimum Gasteiger partial charge on any atom is -0.496 e. The van der Waals surface area contributed by atoms with Crippen molar-refractivity contribution in [3.05, 3.63) is 181 Å². The first-order chi connectivity index (χ1) is 25.8. The number of fused-ring (bicyclic) bond motifs is 14. The summed E-state index contributed by atoms with van der Waals surface area (Å²) in [6.07, 6.45) is 0.796. The van der Waals surface area contributed by atoms with Crippen LogP contribution in [0.2, 0.25) is 6.04 Å². The Balaban J connectivity index is 1.27. The summed E-state index contributed by atoms with van der Waals surface area (Å²) in [7, 11) is -3.49. The Morgan fingerprint density at radius 2 is 0.827 bits per heavy atom. The molecule has 9 aromatic carbocycles. The second-order valence-electron chi connectivity index (χ2n) is 13.9. The molecular weight excluding hydrogens is 651 g/mol. The van der Waals surface area contributed by atoms with E-state index in [0.717, 1.165) is 40.4 Å². The van der Waals surface area contributed by atoms with Crippen LogP contribution in [0.3, 0.4) is 0 Å². The molecule has 0 fully saturated rings. The molecule has 2 heterocycles. The zero-order chi connectivity index (χ0) is 34.2. The molecule has 9 aromatic rings. The molecule has 2 aliphatic rings. The molecule has 0 N–H and O–H groups in total. The minimum absolute atomic E-state index is 0.706. The molecule has 3 nitrogen and oxygen atoms in total. The van der Waals surface area contributed by atoms with Crippen LogP contribution < -0.4 is 13.4 Å². The highest BCUT2D eigenvalue weighted by Gasteiger charge is 2.55. The number of rotatable bonds is 1. The Hall–Kier alpha value is -6.36. The largest absolute Gasteiger partial charge is 0.593 e. The van der Waals surface area contributed by atoms with Gasteiger partial charge in [0.25, 0.3) is 0 Å². The van der Waals surface area contributed by atoms with E-state index >= 15 is 0 Å². The van der Waals surface area contributed by atoms with Gasteiger partial charge >= 0.3 is 8.72 Å². The van der Waals surface area contributed by atoms with Crippen LogP contribution in [0, 0.1) is 0 Å². The third kappa shape index (κ3) is 4.31. The Bertz CT molecular complexity index is 2890. The van der Waals surface area contributed by atoms with Gasteiger partial charge in [0, 0.05) is 34.1 Å². The fraction of sp³-hybridized carbons (Fsp3) is 0.0417. The van der Waals surface area contributed by atoms with E-state index in [4.69, 9.17) is 8.85 Å². The summed E-state index contributed by atoms with van der Waals surface area (Å²) in [5.41, 5.74) is 8.16. The second kappa shape index (κ2) is 11.3. The molecule has 0 saturated carbocycles. The lowest BCUT2D eigenvalue weighted by atomic mass is 9.88. The Kier molecular flexibility index (Phi) is 6.40. The van der Waals surface area contributed by atoms with Gasteiger partial charge < -0.3 is 13.4 Å². The van der Waals surface area contributed by atoms with E-state index in [1.165, 1.54) is 59.8 Å². The van der Waals surface area contributed by atoms with E-state index in [-0.39, 0.29) is 0 Å². The van der Waals surface area contributed by atoms with Crippen LogP contribution in [-0.2, 0) is 6.42 Å². The van der Waals surface area contributed by atoms with Crippen molar-refractivity contribution in [3.63, 3.8) is 0 Å². The van der Waals surface area contributed by atoms with Crippen molar-refractivity contribution in [3.8, 4) is 33.8 Å². The zero-order valence-electron chi connectivity index (χ0n) is 28.4. The van der Waals surface area contributed by atoms with Crippen molar-refractivity contribution >= 4 is 63.2 Å². The standard InChI is InChI=1S/C48H33NO2Si/c1-2-16-37(17-3-1)49-42-27-24-33-13-5-9-19-39(33)46(42)48-41-21-11-7-15-35(41)26-29-44(48)51-52(49)31-30-36-23-22-32-12-4-8-18-38(32)45(36)47-40-20-10-6-14-34(40)25-28-43(47)50-52/h1-29H,30-31H2. The van der Waals surface area contributed by atoms with Gasteiger partial charge in [-0.3, -0.25) is 0 Å². The molecule has 4 heteroatoms. The quantitative estimate of drug-likeness (QED) is 0.161. The van der Waals surface area contributed by atoms with Crippen LogP contribution in [0.1, 0.15) is 5.56 Å². The first kappa shape index (κ1) is 29.4. The normalized spacial score (nSPS) is 16.3. The predicted molar refractivity (Wildman–Crippen MR) is 218 cm³/mol. The van der Waals surface area contributed by atoms with Gasteiger partial charge in [-0.1, -0.05) is 146 Å². The molecule has 0 saturated heterocycles. The van der Waals surface area contributed by atoms with Crippen molar-refractivity contribution < 1.29 is 8.85 Å². The fourth-order valence-electron chi connectivity index (χ4n) is 8.78. The molecule has 0 amide bonds. The topological polar surface area (TPSA) is 21.7 Å². The fourth-order valence-corrected chi connectivity index (χ4v) is 12.1. The van der Waals surface area contributed by atoms with Crippen molar-refractivity contribution in [2.45, 2.75) is 12.5 Å². The molecular formula is C48H33NO2Si. The molecule has 2 aliphatic heterocycles. The van der Waals surface area contributed by atoms with Crippen LogP contribution in [-0.4, -0.2) is 8.72 Å². The monoisotopic (exact) mass is 683 g/mol. The van der Waals surface area contributed by atoms with E-state index in [9.17, 15) is 0 Å². The maximum atomic E-state index is 7.81. The average molecular weight is 684 g/mol. The van der Waals surface area contributed by atoms with Crippen LogP contribution in [0.15, 0.2) is 176 Å². The molecule has 0 radical (unpaired) electrons. The third-order valence-corrected chi connectivity index (χ3v) is 14.2. The average Bonchev–Trinajstić information content (AvgIpc) is 3.32. The lowest BCUT2D eigenvalue weighted by Crippen LogP contribution is -2.62. The summed E-state index contributed by atoms with van der Waals surface area (Å²) in [6.45, 7) is 0. The smallest absolute Gasteiger partial charge is 0.496 e. The van der Waals surface area contributed by atoms with Crippen molar-refractivity contribution in [1.82, 2.24) is 0 Å². The van der Waals surface area contributed by atoms with Gasteiger partial charge in [0.1, 0.15) is 11.5 Å². The van der Waals surface area contributed by atoms with Crippen LogP contribution in [0.25, 0.3) is 65.3 Å². The zero-order valence-corrected chi connectivity index (χ0v) is 29.4. The summed E-state index contributed by atoms with van der Waals surface area (Å²) in [4.78, 5) is 0. The molecule has 52 heavy (non-hydrogen) atoms. The maximum Gasteiger partial charge on any atom is 0.593 e. The number of nitrogens with zero attached hydrogens (tertiary/aromatic N) is 1. The maximum absolute atomic E-state index is 7.81. The summed E-state index contributed by atoms with van der Waals surface area (Å²) in [5, 5.41) is 9.59. The number of para-hydroxylation sites is 1. The Morgan fingerprint density at radius 3 is 1.40 bits per heavy atom. The van der Waals surface area contributed by atoms with Crippen LogP contribution in [0.4, 0.5) is 11.4 Å². The van der Waals surface area contributed by atoms with E-state index in [1.54, 1.807) is 0 Å². The van der Waals surface area contributed by atoms with E-state index in [0.29, 0.717) is 6.04 Å². The van der Waals surface area contributed by atoms with Crippen LogP contribution in [0.5, 0.6) is 11.5 Å². The van der Waals surface area contributed by atoms with E-state index in [1.807, 2.05) is 0 Å². The first-order valence-corrected chi connectivity index (χ1v) is 20.0. The Morgan fingerprint density at radius 1 is 0.385 bits per heavy atom. The molecule has 1 spiro atoms. The van der Waals surface area contributed by atoms with Crippen molar-refractivity contribution in [1.29, 1.82) is 0 Å². The van der Waals surface area contributed by atoms with Gasteiger partial charge in [-0.25, -0.2) is 0 Å². The lowest BCUT2D eigenvalue weighted by Gasteiger charge is -2.41. The van der Waals surface area contributed by atoms with Gasteiger partial charge in [0.05, 0.1) is 0 Å². The highest BCUT2D eigenvalue weighted by molar-refractivity contribution is 6.75. The molecule has 0 bridgehead atoms. The van der Waals surface area contributed by atoms with Gasteiger partial charge in [0.15, 0.2) is 0 Å². The highest BCUT2D eigenvalue weighted by atomic mass is 28.4. The van der Waals surface area contributed by atoms with E-state index in [2.05, 4.69) is 180 Å². The summed E-state index contributed by atoms with van der Waals surface area (Å²) in [5.74, 6) is 1.72. The number of aryl methyl sites for hydroxylation is 1. The van der Waals surface area contributed by atoms with Gasteiger partial charge in [-0.2, -0.15) is 0 Å². The number of benzene rings is 9. The number of anilines is 2. The Labute approximate surface area is 303 Å². The summed E-state index contributed by atoms with van der Waals surface area (Å²) < 4.78 is 18.0. The molecule has 0 aromatic heterocycles. The predicted octanol–water partition coefficient (Wildman–Crippen LogP) is 12.7.